The van der Waals surface area contributed by atoms with Crippen molar-refractivity contribution in [3.05, 3.63) is 29.6 Å². The summed E-state index contributed by atoms with van der Waals surface area (Å²) in [6.07, 6.45) is 2.40. The van der Waals surface area contributed by atoms with E-state index >= 15 is 0 Å². The van der Waals surface area contributed by atoms with E-state index in [1.54, 1.807) is 4.90 Å². The van der Waals surface area contributed by atoms with Gasteiger partial charge in [0.1, 0.15) is 5.82 Å². The van der Waals surface area contributed by atoms with Crippen LogP contribution < -0.4 is 10.2 Å². The second-order valence-electron chi connectivity index (χ2n) is 5.06. The van der Waals surface area contributed by atoms with E-state index in [4.69, 9.17) is 0 Å². The number of piperazine rings is 1. The maximum absolute atomic E-state index is 13.7. The number of anilines is 1. The van der Waals surface area contributed by atoms with E-state index in [2.05, 4.69) is 5.32 Å². The first-order chi connectivity index (χ1) is 8.65. The summed E-state index contributed by atoms with van der Waals surface area (Å²) >= 11 is 0. The van der Waals surface area contributed by atoms with Gasteiger partial charge in [-0.3, -0.25) is 0 Å². The van der Waals surface area contributed by atoms with Gasteiger partial charge in [-0.2, -0.15) is 0 Å². The second kappa shape index (κ2) is 4.46. The predicted octanol–water partition coefficient (Wildman–Crippen LogP) is 2.29. The first-order valence-electron chi connectivity index (χ1n) is 6.28. The Hall–Kier alpha value is -1.23. The normalized spacial score (nSPS) is 24.4. The Bertz CT molecular complexity index is 460. The second-order valence-corrected chi connectivity index (χ2v) is 5.06. The maximum atomic E-state index is 13.7. The van der Waals surface area contributed by atoms with Crippen molar-refractivity contribution in [3.8, 4) is 0 Å². The van der Waals surface area contributed by atoms with Crippen LogP contribution in [0.1, 0.15) is 12.8 Å². The highest BCUT2D eigenvalue weighted by molar-refractivity contribution is 5.49. The lowest BCUT2D eigenvalue weighted by Gasteiger charge is -2.35. The molecule has 0 spiro atoms. The number of halogens is 3. The molecule has 2 nitrogen and oxygen atoms in total. The molecule has 1 aromatic rings. The smallest absolute Gasteiger partial charge is 0.161 e. The number of hydrogen-bond donors (Lipinski definition) is 1. The Morgan fingerprint density at radius 3 is 2.50 bits per heavy atom. The lowest BCUT2D eigenvalue weighted by molar-refractivity contribution is 0.414. The molecule has 3 rings (SSSR count). The van der Waals surface area contributed by atoms with Crippen molar-refractivity contribution < 1.29 is 13.2 Å². The van der Waals surface area contributed by atoms with Crippen LogP contribution in [0.2, 0.25) is 0 Å². The Kier molecular flexibility index (Phi) is 2.93. The van der Waals surface area contributed by atoms with Gasteiger partial charge in [0.2, 0.25) is 0 Å². The highest BCUT2D eigenvalue weighted by Crippen LogP contribution is 2.35. The lowest BCUT2D eigenvalue weighted by atomic mass is 10.1. The minimum Gasteiger partial charge on any atom is -0.366 e. The summed E-state index contributed by atoms with van der Waals surface area (Å²) in [4.78, 5) is 1.80. The largest absolute Gasteiger partial charge is 0.366 e. The van der Waals surface area contributed by atoms with Gasteiger partial charge >= 0.3 is 0 Å². The van der Waals surface area contributed by atoms with Gasteiger partial charge in [-0.25, -0.2) is 13.2 Å². The zero-order valence-electron chi connectivity index (χ0n) is 9.93. The van der Waals surface area contributed by atoms with Crippen LogP contribution in [0, 0.1) is 23.4 Å². The molecule has 1 aliphatic heterocycles. The van der Waals surface area contributed by atoms with Gasteiger partial charge in [0.25, 0.3) is 0 Å². The average molecular weight is 256 g/mol. The zero-order valence-corrected chi connectivity index (χ0v) is 9.93. The monoisotopic (exact) mass is 256 g/mol. The van der Waals surface area contributed by atoms with Crippen molar-refractivity contribution in [2.75, 3.05) is 24.5 Å². The van der Waals surface area contributed by atoms with Crippen LogP contribution in [-0.2, 0) is 0 Å². The van der Waals surface area contributed by atoms with Crippen molar-refractivity contribution in [2.24, 2.45) is 5.92 Å². The average Bonchev–Trinajstić information content (AvgIpc) is 3.18. The Labute approximate surface area is 104 Å². The molecule has 1 N–H and O–H groups in total. The standard InChI is InChI=1S/C13H15F3N2/c14-9-5-11(16)13(6-10(9)15)18-4-3-17-12(7-18)8-1-2-8/h5-6,8,12,17H,1-4,7H2. The van der Waals surface area contributed by atoms with Crippen LogP contribution in [0.15, 0.2) is 12.1 Å². The minimum absolute atomic E-state index is 0.168. The van der Waals surface area contributed by atoms with Crippen LogP contribution in [0.25, 0.3) is 0 Å². The van der Waals surface area contributed by atoms with Crippen LogP contribution in [0.5, 0.6) is 0 Å². The summed E-state index contributed by atoms with van der Waals surface area (Å²) in [7, 11) is 0. The summed E-state index contributed by atoms with van der Waals surface area (Å²) in [5, 5.41) is 3.39. The van der Waals surface area contributed by atoms with Gasteiger partial charge in [-0.1, -0.05) is 0 Å². The Morgan fingerprint density at radius 2 is 1.78 bits per heavy atom. The summed E-state index contributed by atoms with van der Waals surface area (Å²) in [6, 6.07) is 1.92. The molecule has 2 fully saturated rings. The van der Waals surface area contributed by atoms with Gasteiger partial charge in [0, 0.05) is 37.8 Å². The van der Waals surface area contributed by atoms with Gasteiger partial charge in [-0.05, 0) is 18.8 Å². The molecular weight excluding hydrogens is 241 g/mol. The van der Waals surface area contributed by atoms with Crippen LogP contribution >= 0.6 is 0 Å². The highest BCUT2D eigenvalue weighted by atomic mass is 19.2. The SMILES string of the molecule is Fc1cc(F)c(N2CCNC(C3CC3)C2)cc1F. The fourth-order valence-corrected chi connectivity index (χ4v) is 2.57. The van der Waals surface area contributed by atoms with Crippen molar-refractivity contribution in [1.29, 1.82) is 0 Å². The number of benzene rings is 1. The molecule has 1 saturated heterocycles. The fourth-order valence-electron chi connectivity index (χ4n) is 2.57. The third-order valence-corrected chi connectivity index (χ3v) is 3.73. The molecule has 2 aliphatic rings. The fraction of sp³-hybridized carbons (Fsp3) is 0.538. The first kappa shape index (κ1) is 11.8. The predicted molar refractivity (Wildman–Crippen MR) is 63.0 cm³/mol. The third kappa shape index (κ3) is 2.19. The van der Waals surface area contributed by atoms with Crippen molar-refractivity contribution >= 4 is 5.69 Å². The molecule has 5 heteroatoms. The molecule has 1 saturated carbocycles. The van der Waals surface area contributed by atoms with Gasteiger partial charge < -0.3 is 10.2 Å². The van der Waals surface area contributed by atoms with Crippen LogP contribution in [0.4, 0.5) is 18.9 Å². The van der Waals surface area contributed by atoms with E-state index in [0.29, 0.717) is 31.1 Å². The number of hydrogen-bond acceptors (Lipinski definition) is 2. The van der Waals surface area contributed by atoms with Crippen molar-refractivity contribution in [2.45, 2.75) is 18.9 Å². The molecule has 0 aromatic heterocycles. The molecule has 98 valence electrons. The van der Waals surface area contributed by atoms with E-state index in [-0.39, 0.29) is 5.69 Å². The van der Waals surface area contributed by atoms with Gasteiger partial charge in [-0.15, -0.1) is 0 Å². The van der Waals surface area contributed by atoms with Crippen LogP contribution in [-0.4, -0.2) is 25.7 Å². The minimum atomic E-state index is -1.13. The Morgan fingerprint density at radius 1 is 1.06 bits per heavy atom. The highest BCUT2D eigenvalue weighted by Gasteiger charge is 2.34. The van der Waals surface area contributed by atoms with E-state index in [0.717, 1.165) is 12.6 Å². The summed E-state index contributed by atoms with van der Waals surface area (Å²) in [6.45, 7) is 2.03. The maximum Gasteiger partial charge on any atom is 0.161 e. The summed E-state index contributed by atoms with van der Waals surface area (Å²) < 4.78 is 39.8. The third-order valence-electron chi connectivity index (χ3n) is 3.73. The molecule has 1 heterocycles. The number of nitrogens with zero attached hydrogens (tertiary/aromatic N) is 1. The molecule has 1 unspecified atom stereocenters. The molecule has 0 amide bonds. The molecular formula is C13H15F3N2. The quantitative estimate of drug-likeness (QED) is 0.817. The molecule has 18 heavy (non-hydrogen) atoms. The van der Waals surface area contributed by atoms with Gasteiger partial charge in [0.15, 0.2) is 11.6 Å². The molecule has 0 bridgehead atoms. The van der Waals surface area contributed by atoms with E-state index in [1.807, 2.05) is 0 Å². The molecule has 1 aromatic carbocycles. The van der Waals surface area contributed by atoms with Crippen LogP contribution in [0.3, 0.4) is 0 Å². The van der Waals surface area contributed by atoms with Crippen molar-refractivity contribution in [3.63, 3.8) is 0 Å². The van der Waals surface area contributed by atoms with Crippen molar-refractivity contribution in [1.82, 2.24) is 5.32 Å². The summed E-state index contributed by atoms with van der Waals surface area (Å²) in [5.41, 5.74) is 0.168. The Balaban J connectivity index is 1.82. The number of nitrogens with one attached hydrogen (secondary N) is 1. The molecule has 1 aliphatic carbocycles. The first-order valence-corrected chi connectivity index (χ1v) is 6.28. The number of rotatable bonds is 2. The lowest BCUT2D eigenvalue weighted by Crippen LogP contribution is -2.52. The molecule has 0 radical (unpaired) electrons. The topological polar surface area (TPSA) is 15.3 Å². The van der Waals surface area contributed by atoms with E-state index in [1.165, 1.54) is 12.8 Å². The summed E-state index contributed by atoms with van der Waals surface area (Å²) in [5.74, 6) is -2.16. The molecule has 1 atom stereocenters. The van der Waals surface area contributed by atoms with E-state index < -0.39 is 17.5 Å². The van der Waals surface area contributed by atoms with Gasteiger partial charge in [0.05, 0.1) is 5.69 Å². The zero-order chi connectivity index (χ0) is 12.7. The van der Waals surface area contributed by atoms with E-state index in [9.17, 15) is 13.2 Å².